The Bertz CT molecular complexity index is 92.2. The largest absolute Gasteiger partial charge is 0.393 e. The van der Waals surface area contributed by atoms with Crippen LogP contribution in [0.25, 0.3) is 0 Å². The number of aliphatic hydroxyl groups excluding tert-OH is 1. The highest BCUT2D eigenvalue weighted by Gasteiger charge is 1.99. The Kier molecular flexibility index (Phi) is 3.96. The second-order valence-corrected chi connectivity index (χ2v) is 2.05. The van der Waals surface area contributed by atoms with E-state index in [1.54, 1.807) is 6.92 Å². The van der Waals surface area contributed by atoms with E-state index < -0.39 is 6.10 Å². The third kappa shape index (κ3) is 7.36. The minimum atomic E-state index is -0.412. The highest BCUT2D eigenvalue weighted by atomic mass is 16.6. The van der Waals surface area contributed by atoms with E-state index in [-0.39, 0.29) is 11.5 Å². The van der Waals surface area contributed by atoms with E-state index in [9.17, 15) is 10.1 Å². The topological polar surface area (TPSA) is 63.4 Å². The van der Waals surface area contributed by atoms with E-state index in [1.807, 2.05) is 0 Å². The van der Waals surface area contributed by atoms with E-state index in [2.05, 4.69) is 0 Å². The quantitative estimate of drug-likeness (QED) is 0.446. The Morgan fingerprint density at radius 1 is 1.78 bits per heavy atom. The maximum Gasteiger partial charge on any atom is 0.204 e. The zero-order valence-electron chi connectivity index (χ0n) is 5.41. The summed E-state index contributed by atoms with van der Waals surface area (Å²) >= 11 is 0. The lowest BCUT2D eigenvalue weighted by atomic mass is 10.2. The van der Waals surface area contributed by atoms with Crippen molar-refractivity contribution in [1.29, 1.82) is 0 Å². The van der Waals surface area contributed by atoms with Gasteiger partial charge in [0.1, 0.15) is 0 Å². The van der Waals surface area contributed by atoms with Gasteiger partial charge in [0.2, 0.25) is 6.54 Å². The lowest BCUT2D eigenvalue weighted by Gasteiger charge is -1.98. The van der Waals surface area contributed by atoms with Crippen LogP contribution < -0.4 is 0 Å². The maximum absolute atomic E-state index is 9.70. The Labute approximate surface area is 53.6 Å². The molecule has 0 aliphatic heterocycles. The Morgan fingerprint density at radius 2 is 2.33 bits per heavy atom. The van der Waals surface area contributed by atoms with Gasteiger partial charge in [-0.15, -0.1) is 0 Å². The van der Waals surface area contributed by atoms with Gasteiger partial charge in [-0.3, -0.25) is 10.1 Å². The van der Waals surface area contributed by atoms with Crippen molar-refractivity contribution in [3.05, 3.63) is 10.1 Å². The predicted octanol–water partition coefficient (Wildman–Crippen LogP) is 0.424. The molecule has 0 spiro atoms. The first-order valence-electron chi connectivity index (χ1n) is 2.93. The summed E-state index contributed by atoms with van der Waals surface area (Å²) in [5.41, 5.74) is 0. The summed E-state index contributed by atoms with van der Waals surface area (Å²) in [5.74, 6) is 0. The maximum atomic E-state index is 9.70. The van der Waals surface area contributed by atoms with Crippen molar-refractivity contribution in [3.8, 4) is 0 Å². The molecule has 0 bridgehead atoms. The molecule has 4 nitrogen and oxygen atoms in total. The van der Waals surface area contributed by atoms with Crippen LogP contribution in [0.4, 0.5) is 0 Å². The van der Waals surface area contributed by atoms with Gasteiger partial charge in [0.25, 0.3) is 0 Å². The van der Waals surface area contributed by atoms with Crippen LogP contribution in [-0.4, -0.2) is 22.7 Å². The zero-order chi connectivity index (χ0) is 7.28. The second-order valence-electron chi connectivity index (χ2n) is 2.05. The van der Waals surface area contributed by atoms with E-state index in [0.717, 1.165) is 0 Å². The number of nitro groups is 1. The Hall–Kier alpha value is -0.640. The van der Waals surface area contributed by atoms with E-state index in [4.69, 9.17) is 5.11 Å². The third-order valence-electron chi connectivity index (χ3n) is 0.963. The van der Waals surface area contributed by atoms with E-state index in [1.165, 1.54) is 0 Å². The van der Waals surface area contributed by atoms with Gasteiger partial charge >= 0.3 is 0 Å². The van der Waals surface area contributed by atoms with Crippen molar-refractivity contribution in [2.75, 3.05) is 6.54 Å². The summed E-state index contributed by atoms with van der Waals surface area (Å²) in [4.78, 5) is 9.33. The first-order valence-corrected chi connectivity index (χ1v) is 2.93. The predicted molar refractivity (Wildman–Crippen MR) is 32.8 cm³/mol. The van der Waals surface area contributed by atoms with Gasteiger partial charge in [-0.05, 0) is 13.3 Å². The molecule has 0 saturated heterocycles. The van der Waals surface area contributed by atoms with Gasteiger partial charge < -0.3 is 5.11 Å². The standard InChI is InChI=1S/C5H11NO3/c1-5(7)3-2-4-6(8)9/h5,7H,2-4H2,1H3. The van der Waals surface area contributed by atoms with Crippen molar-refractivity contribution >= 4 is 0 Å². The van der Waals surface area contributed by atoms with Crippen molar-refractivity contribution in [2.24, 2.45) is 0 Å². The van der Waals surface area contributed by atoms with E-state index >= 15 is 0 Å². The van der Waals surface area contributed by atoms with Crippen LogP contribution in [0, 0.1) is 10.1 Å². The fourth-order valence-corrected chi connectivity index (χ4v) is 0.516. The molecule has 1 unspecified atom stereocenters. The summed E-state index contributed by atoms with van der Waals surface area (Å²) < 4.78 is 0. The molecular formula is C5H11NO3. The van der Waals surface area contributed by atoms with Crippen LogP contribution in [0.3, 0.4) is 0 Å². The van der Waals surface area contributed by atoms with Crippen molar-refractivity contribution in [1.82, 2.24) is 0 Å². The summed E-state index contributed by atoms with van der Waals surface area (Å²) in [7, 11) is 0. The molecule has 0 aromatic carbocycles. The highest BCUT2D eigenvalue weighted by Crippen LogP contribution is 1.94. The summed E-state index contributed by atoms with van der Waals surface area (Å²) in [6, 6.07) is 0. The molecular weight excluding hydrogens is 122 g/mol. The SMILES string of the molecule is CC(O)CCC[N+](=O)[O-]. The van der Waals surface area contributed by atoms with Crippen LogP contribution in [0.1, 0.15) is 19.8 Å². The molecule has 54 valence electrons. The smallest absolute Gasteiger partial charge is 0.204 e. The van der Waals surface area contributed by atoms with Gasteiger partial charge in [0.05, 0.1) is 6.10 Å². The first-order chi connectivity index (χ1) is 4.13. The molecule has 1 atom stereocenters. The highest BCUT2D eigenvalue weighted by molar-refractivity contribution is 4.44. The van der Waals surface area contributed by atoms with Gasteiger partial charge in [-0.1, -0.05) is 0 Å². The Morgan fingerprint density at radius 3 is 2.67 bits per heavy atom. The van der Waals surface area contributed by atoms with E-state index in [0.29, 0.717) is 12.8 Å². The normalized spacial score (nSPS) is 13.1. The molecule has 0 rings (SSSR count). The molecule has 0 heterocycles. The minimum absolute atomic E-state index is 0.0368. The number of hydrogen-bond acceptors (Lipinski definition) is 3. The Balaban J connectivity index is 3.01. The van der Waals surface area contributed by atoms with Crippen LogP contribution in [-0.2, 0) is 0 Å². The molecule has 0 aromatic rings. The molecule has 0 aromatic heterocycles. The van der Waals surface area contributed by atoms with Crippen molar-refractivity contribution in [3.63, 3.8) is 0 Å². The van der Waals surface area contributed by atoms with Crippen molar-refractivity contribution in [2.45, 2.75) is 25.9 Å². The lowest BCUT2D eigenvalue weighted by molar-refractivity contribution is -0.480. The molecule has 0 aliphatic rings. The number of hydrogen-bond donors (Lipinski definition) is 1. The number of nitrogens with zero attached hydrogens (tertiary/aromatic N) is 1. The van der Waals surface area contributed by atoms with Crippen LogP contribution in [0.15, 0.2) is 0 Å². The van der Waals surface area contributed by atoms with Gasteiger partial charge in [0, 0.05) is 11.3 Å². The number of aliphatic hydroxyl groups is 1. The molecule has 0 saturated carbocycles. The van der Waals surface area contributed by atoms with Crippen LogP contribution in [0.2, 0.25) is 0 Å². The fraction of sp³-hybridized carbons (Fsp3) is 1.00. The zero-order valence-corrected chi connectivity index (χ0v) is 5.41. The third-order valence-corrected chi connectivity index (χ3v) is 0.963. The summed E-state index contributed by atoms with van der Waals surface area (Å²) in [5, 5.41) is 18.3. The van der Waals surface area contributed by atoms with Crippen LogP contribution in [0.5, 0.6) is 0 Å². The van der Waals surface area contributed by atoms with Crippen LogP contribution >= 0.6 is 0 Å². The summed E-state index contributed by atoms with van der Waals surface area (Å²) in [6.45, 7) is 1.59. The molecule has 0 amide bonds. The fourth-order valence-electron chi connectivity index (χ4n) is 0.516. The van der Waals surface area contributed by atoms with Crippen molar-refractivity contribution < 1.29 is 10.0 Å². The average Bonchev–Trinajstić information content (AvgIpc) is 1.63. The second kappa shape index (κ2) is 4.26. The molecule has 0 fully saturated rings. The molecule has 0 radical (unpaired) electrons. The van der Waals surface area contributed by atoms with Gasteiger partial charge in [0.15, 0.2) is 0 Å². The average molecular weight is 133 g/mol. The molecule has 9 heavy (non-hydrogen) atoms. The summed E-state index contributed by atoms with van der Waals surface area (Å²) in [6.07, 6.45) is 0.566. The lowest BCUT2D eigenvalue weighted by Crippen LogP contribution is -2.05. The monoisotopic (exact) mass is 133 g/mol. The first kappa shape index (κ1) is 8.36. The minimum Gasteiger partial charge on any atom is -0.393 e. The molecule has 4 heteroatoms. The van der Waals surface area contributed by atoms with Gasteiger partial charge in [-0.25, -0.2) is 0 Å². The molecule has 1 N–H and O–H groups in total. The number of rotatable bonds is 4. The molecule has 0 aliphatic carbocycles. The van der Waals surface area contributed by atoms with Gasteiger partial charge in [-0.2, -0.15) is 0 Å².